The Labute approximate surface area is 95.3 Å². The van der Waals surface area contributed by atoms with Crippen LogP contribution < -0.4 is 0 Å². The average molecular weight is 233 g/mol. The van der Waals surface area contributed by atoms with Gasteiger partial charge in [0.1, 0.15) is 0 Å². The van der Waals surface area contributed by atoms with E-state index in [0.717, 1.165) is 38.5 Å². The maximum absolute atomic E-state index is 11.6. The number of hydrogen-bond donors (Lipinski definition) is 1. The van der Waals surface area contributed by atoms with Gasteiger partial charge in [-0.3, -0.25) is 0 Å². The lowest BCUT2D eigenvalue weighted by Gasteiger charge is -2.25. The Balaban J connectivity index is 4.65. The summed E-state index contributed by atoms with van der Waals surface area (Å²) in [5.41, 5.74) is 0. The Hall–Kier alpha value is 0.0600. The summed E-state index contributed by atoms with van der Waals surface area (Å²) in [4.78, 5) is 9.60. The molecule has 0 radical (unpaired) electrons. The van der Waals surface area contributed by atoms with E-state index in [9.17, 15) is 9.46 Å². The smallest absolute Gasteiger partial charge is 0.160 e. The quantitative estimate of drug-likeness (QED) is 0.627. The van der Waals surface area contributed by atoms with E-state index in [4.69, 9.17) is 0 Å². The Morgan fingerprint density at radius 2 is 1.53 bits per heavy atom. The second kappa shape index (κ2) is 7.35. The molecule has 0 aliphatic carbocycles. The zero-order chi connectivity index (χ0) is 11.9. The molecule has 0 spiro atoms. The Bertz CT molecular complexity index is 182. The van der Waals surface area contributed by atoms with Gasteiger partial charge in [0.15, 0.2) is 5.16 Å². The molecular weight excluding hydrogens is 207 g/mol. The first-order valence-electron chi connectivity index (χ1n) is 6.17. The van der Waals surface area contributed by atoms with Crippen molar-refractivity contribution in [2.45, 2.75) is 71.4 Å². The first-order chi connectivity index (χ1) is 7.01. The van der Waals surface area contributed by atoms with E-state index in [1.807, 2.05) is 0 Å². The highest BCUT2D eigenvalue weighted by Crippen LogP contribution is 2.48. The third-order valence-electron chi connectivity index (χ3n) is 3.38. The van der Waals surface area contributed by atoms with E-state index in [0.29, 0.717) is 5.92 Å². The van der Waals surface area contributed by atoms with Crippen LogP contribution in [0.15, 0.2) is 0 Å². The highest BCUT2D eigenvalue weighted by molar-refractivity contribution is 7.40. The van der Waals surface area contributed by atoms with Crippen LogP contribution in [0.3, 0.4) is 0 Å². The zero-order valence-electron chi connectivity index (χ0n) is 10.6. The third kappa shape index (κ3) is 4.20. The largest absolute Gasteiger partial charge is 0.512 e. The standard InChI is InChI=1S/C12H25O2P/c1-5-7-9-12(11(3)4,15(13)14)10-8-6-2/h11H,5-10H2,1-4H3/p+1. The average Bonchev–Trinajstić information content (AvgIpc) is 2.17. The molecule has 0 aromatic carbocycles. The van der Waals surface area contributed by atoms with Gasteiger partial charge in [-0.15, -0.1) is 0 Å². The first kappa shape index (κ1) is 15.1. The molecule has 15 heavy (non-hydrogen) atoms. The van der Waals surface area contributed by atoms with Crippen LogP contribution in [0.2, 0.25) is 0 Å². The first-order valence-corrected chi connectivity index (χ1v) is 7.38. The van der Waals surface area contributed by atoms with Crippen molar-refractivity contribution in [3.8, 4) is 0 Å². The van der Waals surface area contributed by atoms with Gasteiger partial charge in [0, 0.05) is 18.8 Å². The second-order valence-electron chi connectivity index (χ2n) is 4.74. The van der Waals surface area contributed by atoms with Gasteiger partial charge in [-0.05, 0) is 17.4 Å². The van der Waals surface area contributed by atoms with Crippen LogP contribution in [0.1, 0.15) is 66.2 Å². The van der Waals surface area contributed by atoms with E-state index in [1.165, 1.54) is 0 Å². The number of rotatable bonds is 8. The lowest BCUT2D eigenvalue weighted by atomic mass is 9.85. The molecule has 0 bridgehead atoms. The lowest BCUT2D eigenvalue weighted by Crippen LogP contribution is -2.31. The summed E-state index contributed by atoms with van der Waals surface area (Å²) in [6.45, 7) is 8.42. The topological polar surface area (TPSA) is 37.3 Å². The summed E-state index contributed by atoms with van der Waals surface area (Å²) in [6, 6.07) is 0. The van der Waals surface area contributed by atoms with E-state index in [2.05, 4.69) is 27.7 Å². The molecule has 90 valence electrons. The number of unbranched alkanes of at least 4 members (excludes halogenated alkanes) is 2. The normalized spacial score (nSPS) is 13.3. The van der Waals surface area contributed by atoms with Gasteiger partial charge in [0.2, 0.25) is 0 Å². The molecule has 0 amide bonds. The van der Waals surface area contributed by atoms with Gasteiger partial charge >= 0.3 is 8.03 Å². The molecule has 2 nitrogen and oxygen atoms in total. The molecule has 1 unspecified atom stereocenters. The summed E-state index contributed by atoms with van der Waals surface area (Å²) in [7, 11) is -2.06. The highest BCUT2D eigenvalue weighted by atomic mass is 31.1. The fourth-order valence-electron chi connectivity index (χ4n) is 2.08. The number of hydrogen-bond acceptors (Lipinski definition) is 1. The molecule has 0 heterocycles. The van der Waals surface area contributed by atoms with Crippen LogP contribution in [-0.2, 0) is 4.57 Å². The van der Waals surface area contributed by atoms with E-state index in [-0.39, 0.29) is 5.16 Å². The van der Waals surface area contributed by atoms with Crippen molar-refractivity contribution in [1.29, 1.82) is 0 Å². The highest BCUT2D eigenvalue weighted by Gasteiger charge is 2.50. The molecule has 0 fully saturated rings. The molecule has 0 rings (SSSR count). The summed E-state index contributed by atoms with van der Waals surface area (Å²) < 4.78 is 11.6. The van der Waals surface area contributed by atoms with Crippen molar-refractivity contribution in [3.63, 3.8) is 0 Å². The maximum atomic E-state index is 11.6. The molecule has 0 aliphatic rings. The van der Waals surface area contributed by atoms with Crippen LogP contribution >= 0.6 is 8.03 Å². The second-order valence-corrected chi connectivity index (χ2v) is 6.17. The molecule has 1 atom stereocenters. The van der Waals surface area contributed by atoms with Gasteiger partial charge in [-0.2, -0.15) is 4.89 Å². The van der Waals surface area contributed by atoms with Crippen molar-refractivity contribution < 1.29 is 9.46 Å². The van der Waals surface area contributed by atoms with E-state index >= 15 is 0 Å². The van der Waals surface area contributed by atoms with Gasteiger partial charge in [0.25, 0.3) is 0 Å². The van der Waals surface area contributed by atoms with Gasteiger partial charge in [0.05, 0.1) is 0 Å². The Kier molecular flexibility index (Phi) is 7.38. The minimum Gasteiger partial charge on any atom is -0.160 e. The van der Waals surface area contributed by atoms with E-state index < -0.39 is 8.03 Å². The van der Waals surface area contributed by atoms with Gasteiger partial charge in [-0.25, -0.2) is 0 Å². The summed E-state index contributed by atoms with van der Waals surface area (Å²) in [5, 5.41) is -0.332. The summed E-state index contributed by atoms with van der Waals surface area (Å²) in [5.74, 6) is 0.296. The van der Waals surface area contributed by atoms with Crippen molar-refractivity contribution in [2.75, 3.05) is 0 Å². The van der Waals surface area contributed by atoms with E-state index in [1.54, 1.807) is 0 Å². The van der Waals surface area contributed by atoms with Gasteiger partial charge in [-0.1, -0.05) is 40.5 Å². The lowest BCUT2D eigenvalue weighted by molar-refractivity contribution is 0.318. The van der Waals surface area contributed by atoms with Crippen LogP contribution in [0.4, 0.5) is 0 Å². The maximum Gasteiger partial charge on any atom is 0.512 e. The summed E-state index contributed by atoms with van der Waals surface area (Å²) in [6.07, 6.45) is 6.11. The molecule has 0 aliphatic heterocycles. The molecule has 3 heteroatoms. The van der Waals surface area contributed by atoms with Gasteiger partial charge < -0.3 is 0 Å². The molecule has 0 aromatic rings. The Morgan fingerprint density at radius 1 is 1.13 bits per heavy atom. The predicted molar refractivity (Wildman–Crippen MR) is 66.4 cm³/mol. The minimum absolute atomic E-state index is 0.296. The van der Waals surface area contributed by atoms with Crippen LogP contribution in [0, 0.1) is 5.92 Å². The third-order valence-corrected chi connectivity index (χ3v) is 5.11. The predicted octanol–water partition coefficient (Wildman–Crippen LogP) is 4.50. The molecular formula is C12H26O2P+. The summed E-state index contributed by atoms with van der Waals surface area (Å²) >= 11 is 0. The van der Waals surface area contributed by atoms with Crippen molar-refractivity contribution in [1.82, 2.24) is 0 Å². The SMILES string of the molecule is CCCCC(CCCC)(C(C)C)[P+](=O)O. The van der Waals surface area contributed by atoms with Crippen molar-refractivity contribution in [3.05, 3.63) is 0 Å². The minimum atomic E-state index is -2.06. The van der Waals surface area contributed by atoms with Crippen LogP contribution in [0.5, 0.6) is 0 Å². The monoisotopic (exact) mass is 233 g/mol. The molecule has 0 saturated carbocycles. The van der Waals surface area contributed by atoms with Crippen molar-refractivity contribution in [2.24, 2.45) is 5.92 Å². The zero-order valence-corrected chi connectivity index (χ0v) is 11.5. The van der Waals surface area contributed by atoms with Crippen LogP contribution in [0.25, 0.3) is 0 Å². The molecule has 0 saturated heterocycles. The Morgan fingerprint density at radius 3 is 1.73 bits per heavy atom. The van der Waals surface area contributed by atoms with Crippen LogP contribution in [-0.4, -0.2) is 10.0 Å². The fraction of sp³-hybridized carbons (Fsp3) is 1.00. The molecule has 0 aromatic heterocycles. The molecule has 1 N–H and O–H groups in total. The van der Waals surface area contributed by atoms with Crippen molar-refractivity contribution >= 4 is 8.03 Å². The fourth-order valence-corrected chi connectivity index (χ4v) is 3.22.